The van der Waals surface area contributed by atoms with Crippen molar-refractivity contribution >= 4 is 44.0 Å². The van der Waals surface area contributed by atoms with Gasteiger partial charge in [-0.3, -0.25) is 9.97 Å². The van der Waals surface area contributed by atoms with Gasteiger partial charge in [0, 0.05) is 36.0 Å². The fourth-order valence-corrected chi connectivity index (χ4v) is 3.98. The molecule has 0 aliphatic rings. The Kier molecular flexibility index (Phi) is 4.14. The summed E-state index contributed by atoms with van der Waals surface area (Å²) in [5, 5.41) is 5.47. The minimum absolute atomic E-state index is 0.649. The highest BCUT2D eigenvalue weighted by molar-refractivity contribution is 7.18. The summed E-state index contributed by atoms with van der Waals surface area (Å²) >= 11 is 1.72. The summed E-state index contributed by atoms with van der Waals surface area (Å²) in [6.07, 6.45) is 7.95. The average molecular weight is 384 g/mol. The predicted molar refractivity (Wildman–Crippen MR) is 113 cm³/mol. The van der Waals surface area contributed by atoms with Crippen LogP contribution in [-0.4, -0.2) is 24.9 Å². The summed E-state index contributed by atoms with van der Waals surface area (Å²) in [4.78, 5) is 22.4. The number of hydrogen-bond donors (Lipinski definition) is 1. The molecule has 0 bridgehead atoms. The molecule has 0 aliphatic carbocycles. The largest absolute Gasteiger partial charge is 0.340 e. The van der Waals surface area contributed by atoms with Gasteiger partial charge in [0.2, 0.25) is 0 Å². The van der Waals surface area contributed by atoms with Crippen LogP contribution < -0.4 is 5.32 Å². The van der Waals surface area contributed by atoms with Crippen LogP contribution >= 0.6 is 11.3 Å². The molecule has 28 heavy (non-hydrogen) atoms. The topological polar surface area (TPSA) is 76.5 Å². The first-order chi connectivity index (χ1) is 13.8. The quantitative estimate of drug-likeness (QED) is 0.470. The molecule has 0 fully saturated rings. The number of nitrogens with one attached hydrogen (secondary N) is 1. The third-order valence-corrected chi connectivity index (χ3v) is 5.60. The van der Waals surface area contributed by atoms with E-state index < -0.39 is 0 Å². The van der Waals surface area contributed by atoms with E-state index in [2.05, 4.69) is 38.2 Å². The van der Waals surface area contributed by atoms with E-state index in [0.717, 1.165) is 49.6 Å². The van der Waals surface area contributed by atoms with E-state index in [9.17, 15) is 0 Å². The number of benzene rings is 1. The second-order valence-electron chi connectivity index (χ2n) is 6.29. The molecule has 5 rings (SSSR count). The van der Waals surface area contributed by atoms with Gasteiger partial charge in [0.1, 0.15) is 5.82 Å². The van der Waals surface area contributed by atoms with Crippen molar-refractivity contribution in [3.63, 3.8) is 0 Å². The molecule has 5 aromatic rings. The van der Waals surface area contributed by atoms with Gasteiger partial charge in [-0.05, 0) is 42.8 Å². The highest BCUT2D eigenvalue weighted by Gasteiger charge is 2.11. The van der Waals surface area contributed by atoms with Gasteiger partial charge in [-0.15, -0.1) is 11.3 Å². The summed E-state index contributed by atoms with van der Waals surface area (Å²) in [5.74, 6) is 1.38. The smallest absolute Gasteiger partial charge is 0.162 e. The Hall–Kier alpha value is -3.45. The van der Waals surface area contributed by atoms with Crippen molar-refractivity contribution in [2.24, 2.45) is 0 Å². The molecule has 136 valence electrons. The highest BCUT2D eigenvalue weighted by atomic mass is 32.1. The zero-order chi connectivity index (χ0) is 18.9. The zero-order valence-corrected chi connectivity index (χ0v) is 15.9. The Bertz CT molecular complexity index is 1280. The molecule has 0 saturated heterocycles. The minimum atomic E-state index is 0.649. The number of rotatable bonds is 4. The molecular weight excluding hydrogens is 368 g/mol. The number of aromatic nitrogens is 5. The SMILES string of the molecule is CCc1nc2ccc(Nc3nc(-c4ccncc4)nc4ccncc34)cc2s1. The lowest BCUT2D eigenvalue weighted by Gasteiger charge is -2.11. The number of anilines is 2. The lowest BCUT2D eigenvalue weighted by molar-refractivity contribution is 1.11. The monoisotopic (exact) mass is 384 g/mol. The van der Waals surface area contributed by atoms with Gasteiger partial charge in [-0.1, -0.05) is 6.92 Å². The van der Waals surface area contributed by atoms with E-state index in [1.807, 2.05) is 30.3 Å². The van der Waals surface area contributed by atoms with Crippen LogP contribution in [0.5, 0.6) is 0 Å². The molecule has 0 saturated carbocycles. The second-order valence-corrected chi connectivity index (χ2v) is 7.41. The number of aryl methyl sites for hydroxylation is 1. The third kappa shape index (κ3) is 3.05. The number of hydrogen-bond acceptors (Lipinski definition) is 7. The fraction of sp³-hybridized carbons (Fsp3) is 0.0952. The van der Waals surface area contributed by atoms with Crippen molar-refractivity contribution < 1.29 is 0 Å². The van der Waals surface area contributed by atoms with Gasteiger partial charge >= 0.3 is 0 Å². The lowest BCUT2D eigenvalue weighted by Crippen LogP contribution is -1.99. The fourth-order valence-electron chi connectivity index (χ4n) is 3.04. The average Bonchev–Trinajstić information content (AvgIpc) is 3.17. The van der Waals surface area contributed by atoms with E-state index in [1.54, 1.807) is 36.1 Å². The van der Waals surface area contributed by atoms with Crippen LogP contribution in [0, 0.1) is 0 Å². The van der Waals surface area contributed by atoms with Gasteiger partial charge < -0.3 is 5.32 Å². The van der Waals surface area contributed by atoms with Crippen LogP contribution in [0.15, 0.2) is 61.2 Å². The highest BCUT2D eigenvalue weighted by Crippen LogP contribution is 2.30. The zero-order valence-electron chi connectivity index (χ0n) is 15.1. The standard InChI is InChI=1S/C21H16N6S/c1-2-19-25-17-4-3-14(11-18(17)28-19)24-21-15-12-23-10-7-16(15)26-20(27-21)13-5-8-22-9-6-13/h3-12H,2H2,1H3,(H,24,26,27). The van der Waals surface area contributed by atoms with Gasteiger partial charge in [0.05, 0.1) is 26.1 Å². The number of pyridine rings is 2. The molecule has 1 aromatic carbocycles. The number of fused-ring (bicyclic) bond motifs is 2. The minimum Gasteiger partial charge on any atom is -0.340 e. The molecule has 0 spiro atoms. The first kappa shape index (κ1) is 16.7. The molecule has 0 amide bonds. The Morgan fingerprint density at radius 3 is 2.61 bits per heavy atom. The van der Waals surface area contributed by atoms with Crippen LogP contribution in [0.2, 0.25) is 0 Å². The Labute approximate surface area is 165 Å². The molecule has 0 radical (unpaired) electrons. The van der Waals surface area contributed by atoms with E-state index >= 15 is 0 Å². The van der Waals surface area contributed by atoms with Gasteiger partial charge in [-0.25, -0.2) is 15.0 Å². The molecule has 4 aromatic heterocycles. The van der Waals surface area contributed by atoms with Gasteiger partial charge in [0.25, 0.3) is 0 Å². The van der Waals surface area contributed by atoms with Crippen LogP contribution in [0.1, 0.15) is 11.9 Å². The Morgan fingerprint density at radius 2 is 1.75 bits per heavy atom. The Morgan fingerprint density at radius 1 is 0.893 bits per heavy atom. The summed E-state index contributed by atoms with van der Waals surface area (Å²) in [6.45, 7) is 2.12. The maximum absolute atomic E-state index is 4.77. The summed E-state index contributed by atoms with van der Waals surface area (Å²) in [6, 6.07) is 11.9. The van der Waals surface area contributed by atoms with E-state index in [-0.39, 0.29) is 0 Å². The normalized spacial score (nSPS) is 11.2. The van der Waals surface area contributed by atoms with Crippen molar-refractivity contribution in [2.75, 3.05) is 5.32 Å². The molecule has 1 N–H and O–H groups in total. The molecule has 6 nitrogen and oxygen atoms in total. The van der Waals surface area contributed by atoms with E-state index in [0.29, 0.717) is 5.82 Å². The van der Waals surface area contributed by atoms with E-state index in [4.69, 9.17) is 4.98 Å². The first-order valence-electron chi connectivity index (χ1n) is 8.99. The number of thiazole rings is 1. The Balaban J connectivity index is 1.61. The van der Waals surface area contributed by atoms with Crippen LogP contribution in [-0.2, 0) is 6.42 Å². The van der Waals surface area contributed by atoms with Crippen molar-refractivity contribution in [2.45, 2.75) is 13.3 Å². The molecule has 0 unspecified atom stereocenters. The van der Waals surface area contributed by atoms with Crippen LogP contribution in [0.3, 0.4) is 0 Å². The van der Waals surface area contributed by atoms with Crippen LogP contribution in [0.25, 0.3) is 32.5 Å². The third-order valence-electron chi connectivity index (χ3n) is 4.43. The predicted octanol–water partition coefficient (Wildman–Crippen LogP) is 5.00. The maximum atomic E-state index is 4.77. The maximum Gasteiger partial charge on any atom is 0.162 e. The van der Waals surface area contributed by atoms with Gasteiger partial charge in [-0.2, -0.15) is 0 Å². The van der Waals surface area contributed by atoms with Crippen molar-refractivity contribution in [3.8, 4) is 11.4 Å². The first-order valence-corrected chi connectivity index (χ1v) is 9.80. The number of nitrogens with zero attached hydrogens (tertiary/aromatic N) is 5. The van der Waals surface area contributed by atoms with E-state index in [1.165, 1.54) is 0 Å². The van der Waals surface area contributed by atoms with Crippen LogP contribution in [0.4, 0.5) is 11.5 Å². The summed E-state index contributed by atoms with van der Waals surface area (Å²) in [5.41, 5.74) is 3.75. The molecule has 4 heterocycles. The molecule has 0 atom stereocenters. The van der Waals surface area contributed by atoms with Gasteiger partial charge in [0.15, 0.2) is 5.82 Å². The molecular formula is C21H16N6S. The van der Waals surface area contributed by atoms with Crippen molar-refractivity contribution in [1.29, 1.82) is 0 Å². The lowest BCUT2D eigenvalue weighted by atomic mass is 10.2. The summed E-state index contributed by atoms with van der Waals surface area (Å²) < 4.78 is 1.16. The van der Waals surface area contributed by atoms with Crippen molar-refractivity contribution in [3.05, 3.63) is 66.2 Å². The summed E-state index contributed by atoms with van der Waals surface area (Å²) in [7, 11) is 0. The molecule has 0 aliphatic heterocycles. The van der Waals surface area contributed by atoms with Crippen molar-refractivity contribution in [1.82, 2.24) is 24.9 Å². The molecule has 7 heteroatoms. The second kappa shape index (κ2) is 6.94.